The number of hydrogen-bond donors (Lipinski definition) is 1. The molecule has 4 heteroatoms. The Kier molecular flexibility index (Phi) is 2.46. The van der Waals surface area contributed by atoms with E-state index in [0.29, 0.717) is 18.7 Å². The quantitative estimate of drug-likeness (QED) is 0.680. The van der Waals surface area contributed by atoms with Crippen molar-refractivity contribution in [3.05, 3.63) is 35.1 Å². The fraction of sp³-hybridized carbons (Fsp3) is 0.182. The summed E-state index contributed by atoms with van der Waals surface area (Å²) in [4.78, 5) is 15.4. The first kappa shape index (κ1) is 9.41. The van der Waals surface area contributed by atoms with E-state index in [-0.39, 0.29) is 11.4 Å². The first-order chi connectivity index (χ1) is 7.33. The maximum Gasteiger partial charge on any atom is 0.177 e. The van der Waals surface area contributed by atoms with Crippen molar-refractivity contribution < 1.29 is 4.79 Å². The third kappa shape index (κ3) is 1.72. The first-order valence-corrected chi connectivity index (χ1v) is 4.61. The highest BCUT2D eigenvalue weighted by molar-refractivity contribution is 6.03. The Labute approximate surface area is 87.3 Å². The number of allylic oxidation sites excluding steroid dienone is 4. The molecule has 0 spiro atoms. The number of rotatable bonds is 1. The molecule has 0 aromatic carbocycles. The minimum absolute atomic E-state index is 0.125. The molecule has 1 N–H and O–H groups in total. The van der Waals surface area contributed by atoms with Crippen molar-refractivity contribution >= 4 is 12.0 Å². The molecular weight excluding hydrogens is 190 g/mol. The van der Waals surface area contributed by atoms with Gasteiger partial charge >= 0.3 is 0 Å². The normalized spacial score (nSPS) is 19.7. The summed E-state index contributed by atoms with van der Waals surface area (Å²) in [5.74, 6) is -0.125. The van der Waals surface area contributed by atoms with Crippen molar-refractivity contribution in [1.82, 2.24) is 5.32 Å². The first-order valence-electron chi connectivity index (χ1n) is 4.61. The smallest absolute Gasteiger partial charge is 0.177 e. The fourth-order valence-corrected chi connectivity index (χ4v) is 1.52. The van der Waals surface area contributed by atoms with Crippen molar-refractivity contribution in [2.75, 3.05) is 6.67 Å². The summed E-state index contributed by atoms with van der Waals surface area (Å²) in [6.45, 7) is 0.482. The Hall–Kier alpha value is -2.15. The van der Waals surface area contributed by atoms with Gasteiger partial charge < -0.3 is 5.32 Å². The van der Waals surface area contributed by atoms with Crippen LogP contribution >= 0.6 is 0 Å². The van der Waals surface area contributed by atoms with Gasteiger partial charge in [0.1, 0.15) is 18.3 Å². The standard InChI is InChI=1S/C11H9N3O/c12-6-9-8(2-1-3-11(9)15)10-4-5-13-7-14-10/h1-2,4-5,14H,3,7H2. The molecule has 0 aromatic heterocycles. The zero-order valence-corrected chi connectivity index (χ0v) is 8.03. The number of carbonyl (C=O) groups is 1. The van der Waals surface area contributed by atoms with Crippen molar-refractivity contribution in [1.29, 1.82) is 5.26 Å². The topological polar surface area (TPSA) is 65.2 Å². The number of hydrogen-bond acceptors (Lipinski definition) is 4. The van der Waals surface area contributed by atoms with Crippen LogP contribution in [0.5, 0.6) is 0 Å². The molecule has 0 atom stereocenters. The van der Waals surface area contributed by atoms with E-state index in [2.05, 4.69) is 10.3 Å². The Morgan fingerprint density at radius 3 is 3.07 bits per heavy atom. The van der Waals surface area contributed by atoms with E-state index in [4.69, 9.17) is 5.26 Å². The van der Waals surface area contributed by atoms with Crippen LogP contribution in [0.15, 0.2) is 40.1 Å². The lowest BCUT2D eigenvalue weighted by Crippen LogP contribution is -2.21. The second-order valence-corrected chi connectivity index (χ2v) is 3.18. The van der Waals surface area contributed by atoms with Crippen molar-refractivity contribution in [3.8, 4) is 6.07 Å². The Balaban J connectivity index is 2.46. The average molecular weight is 199 g/mol. The van der Waals surface area contributed by atoms with E-state index in [1.54, 1.807) is 24.4 Å². The van der Waals surface area contributed by atoms with E-state index in [1.165, 1.54) is 0 Å². The largest absolute Gasteiger partial charge is 0.366 e. The van der Waals surface area contributed by atoms with Crippen LogP contribution in [0.4, 0.5) is 0 Å². The molecule has 0 saturated heterocycles. The molecule has 74 valence electrons. The van der Waals surface area contributed by atoms with Crippen LogP contribution in [0, 0.1) is 11.3 Å². The lowest BCUT2D eigenvalue weighted by molar-refractivity contribution is -0.114. The van der Waals surface area contributed by atoms with Gasteiger partial charge in [-0.05, 0) is 6.08 Å². The van der Waals surface area contributed by atoms with Gasteiger partial charge in [0.2, 0.25) is 0 Å². The number of nitrogens with one attached hydrogen (secondary N) is 1. The molecule has 0 fully saturated rings. The number of carbonyl (C=O) groups excluding carboxylic acids is 1. The van der Waals surface area contributed by atoms with Crippen LogP contribution in [0.2, 0.25) is 0 Å². The molecule has 0 aromatic rings. The summed E-state index contributed by atoms with van der Waals surface area (Å²) in [6.07, 6.45) is 7.32. The molecular formula is C11H9N3O. The van der Waals surface area contributed by atoms with Crippen LogP contribution in [-0.4, -0.2) is 18.7 Å². The van der Waals surface area contributed by atoms with Crippen LogP contribution < -0.4 is 5.32 Å². The van der Waals surface area contributed by atoms with Crippen LogP contribution in [-0.2, 0) is 4.79 Å². The highest BCUT2D eigenvalue weighted by Crippen LogP contribution is 2.21. The van der Waals surface area contributed by atoms with Gasteiger partial charge in [0.25, 0.3) is 0 Å². The summed E-state index contributed by atoms with van der Waals surface area (Å²) in [5.41, 5.74) is 1.68. The van der Waals surface area contributed by atoms with E-state index in [1.807, 2.05) is 6.07 Å². The second kappa shape index (κ2) is 3.93. The average Bonchev–Trinajstić information content (AvgIpc) is 2.30. The molecule has 0 radical (unpaired) electrons. The highest BCUT2D eigenvalue weighted by Gasteiger charge is 2.19. The molecule has 0 saturated carbocycles. The van der Waals surface area contributed by atoms with Crippen molar-refractivity contribution in [3.63, 3.8) is 0 Å². The van der Waals surface area contributed by atoms with Gasteiger partial charge in [-0.1, -0.05) is 12.2 Å². The molecule has 0 amide bonds. The monoisotopic (exact) mass is 199 g/mol. The van der Waals surface area contributed by atoms with Gasteiger partial charge in [-0.3, -0.25) is 9.79 Å². The number of ketones is 1. The van der Waals surface area contributed by atoms with E-state index in [0.717, 1.165) is 5.70 Å². The van der Waals surface area contributed by atoms with Gasteiger partial charge in [-0.2, -0.15) is 5.26 Å². The summed E-state index contributed by atoms with van der Waals surface area (Å²) in [7, 11) is 0. The predicted octanol–water partition coefficient (Wildman–Crippen LogP) is 0.851. The maximum absolute atomic E-state index is 11.5. The number of Topliss-reactive ketones (excluding diaryl/α,β-unsaturated/α-hetero) is 1. The van der Waals surface area contributed by atoms with Gasteiger partial charge in [0, 0.05) is 23.9 Å². The third-order valence-corrected chi connectivity index (χ3v) is 2.25. The molecule has 0 bridgehead atoms. The van der Waals surface area contributed by atoms with Gasteiger partial charge in [0.15, 0.2) is 5.78 Å². The number of nitrogens with zero attached hydrogens (tertiary/aromatic N) is 2. The minimum Gasteiger partial charge on any atom is -0.366 e. The minimum atomic E-state index is -0.125. The van der Waals surface area contributed by atoms with E-state index < -0.39 is 0 Å². The third-order valence-electron chi connectivity index (χ3n) is 2.25. The second-order valence-electron chi connectivity index (χ2n) is 3.18. The SMILES string of the molecule is N#CC1=C(C2=CC=NCN2)C=CCC1=O. The van der Waals surface area contributed by atoms with Gasteiger partial charge in [-0.25, -0.2) is 0 Å². The fourth-order valence-electron chi connectivity index (χ4n) is 1.52. The van der Waals surface area contributed by atoms with Crippen molar-refractivity contribution in [2.45, 2.75) is 6.42 Å². The Morgan fingerprint density at radius 1 is 1.53 bits per heavy atom. The lowest BCUT2D eigenvalue weighted by Gasteiger charge is -2.16. The summed E-state index contributed by atoms with van der Waals surface area (Å²) in [6, 6.07) is 1.95. The van der Waals surface area contributed by atoms with Crippen molar-refractivity contribution in [2.24, 2.45) is 4.99 Å². The Morgan fingerprint density at radius 2 is 2.40 bits per heavy atom. The van der Waals surface area contributed by atoms with Crippen LogP contribution in [0.1, 0.15) is 6.42 Å². The molecule has 2 aliphatic rings. The molecule has 2 rings (SSSR count). The Bertz CT molecular complexity index is 461. The zero-order valence-electron chi connectivity index (χ0n) is 8.03. The highest BCUT2D eigenvalue weighted by atomic mass is 16.1. The number of nitriles is 1. The summed E-state index contributed by atoms with van der Waals surface area (Å²) >= 11 is 0. The van der Waals surface area contributed by atoms with Crippen LogP contribution in [0.3, 0.4) is 0 Å². The van der Waals surface area contributed by atoms with Gasteiger partial charge in [-0.15, -0.1) is 0 Å². The lowest BCUT2D eigenvalue weighted by atomic mass is 9.95. The molecule has 0 unspecified atom stereocenters. The molecule has 1 heterocycles. The summed E-state index contributed by atoms with van der Waals surface area (Å²) < 4.78 is 0. The molecule has 15 heavy (non-hydrogen) atoms. The molecule has 1 aliphatic heterocycles. The summed E-state index contributed by atoms with van der Waals surface area (Å²) in [5, 5.41) is 11.9. The predicted molar refractivity (Wildman–Crippen MR) is 56.0 cm³/mol. The number of aliphatic imine (C=N–C) groups is 1. The molecule has 1 aliphatic carbocycles. The zero-order chi connectivity index (χ0) is 10.7. The molecule has 4 nitrogen and oxygen atoms in total. The van der Waals surface area contributed by atoms with Crippen LogP contribution in [0.25, 0.3) is 0 Å². The van der Waals surface area contributed by atoms with E-state index >= 15 is 0 Å². The maximum atomic E-state index is 11.5. The van der Waals surface area contributed by atoms with E-state index in [9.17, 15) is 4.79 Å². The van der Waals surface area contributed by atoms with Gasteiger partial charge in [0.05, 0.1) is 0 Å².